The highest BCUT2D eigenvalue weighted by Gasteiger charge is 2.13. The van der Waals surface area contributed by atoms with Gasteiger partial charge in [0.25, 0.3) is 5.91 Å². The molecule has 0 fully saturated rings. The van der Waals surface area contributed by atoms with E-state index in [0.717, 1.165) is 22.4 Å². The Morgan fingerprint density at radius 3 is 2.62 bits per heavy atom. The summed E-state index contributed by atoms with van der Waals surface area (Å²) in [6.07, 6.45) is 0.613. The van der Waals surface area contributed by atoms with Crippen LogP contribution in [0.2, 0.25) is 0 Å². The van der Waals surface area contributed by atoms with Crippen molar-refractivity contribution >= 4 is 5.91 Å². The van der Waals surface area contributed by atoms with Crippen molar-refractivity contribution in [2.24, 2.45) is 0 Å². The number of hydrogen-bond donors (Lipinski definition) is 2. The maximum Gasteiger partial charge on any atom is 0.257 e. The monoisotopic (exact) mass is 327 g/mol. The van der Waals surface area contributed by atoms with Crippen molar-refractivity contribution in [3.8, 4) is 5.75 Å². The first-order valence-electron chi connectivity index (χ1n) is 8.22. The van der Waals surface area contributed by atoms with Crippen LogP contribution in [0.3, 0.4) is 0 Å². The fourth-order valence-electron chi connectivity index (χ4n) is 2.56. The zero-order valence-corrected chi connectivity index (χ0v) is 14.3. The lowest BCUT2D eigenvalue weighted by Crippen LogP contribution is -2.32. The summed E-state index contributed by atoms with van der Waals surface area (Å²) in [6, 6.07) is 15.8. The maximum atomic E-state index is 12.1. The van der Waals surface area contributed by atoms with Crippen molar-refractivity contribution in [3.63, 3.8) is 0 Å². The highest BCUT2D eigenvalue weighted by molar-refractivity contribution is 5.77. The van der Waals surface area contributed by atoms with E-state index in [4.69, 9.17) is 4.74 Å². The van der Waals surface area contributed by atoms with E-state index in [1.54, 1.807) is 0 Å². The third-order valence-electron chi connectivity index (χ3n) is 4.00. The standard InChI is InChI=1S/C20H25NO3/c1-15-8-9-16(2)19(12-15)24-14-20(23)21-13-18(10-11-22)17-6-4-3-5-7-17/h3-9,12,18,22H,10-11,13-14H2,1-2H3,(H,21,23). The third kappa shape index (κ3) is 5.39. The van der Waals surface area contributed by atoms with Crippen molar-refractivity contribution < 1.29 is 14.6 Å². The van der Waals surface area contributed by atoms with Crippen LogP contribution in [0.1, 0.15) is 29.0 Å². The molecule has 0 saturated heterocycles. The smallest absolute Gasteiger partial charge is 0.257 e. The van der Waals surface area contributed by atoms with Crippen molar-refractivity contribution in [2.45, 2.75) is 26.2 Å². The van der Waals surface area contributed by atoms with E-state index in [1.807, 2.05) is 62.4 Å². The molecule has 0 spiro atoms. The van der Waals surface area contributed by atoms with E-state index < -0.39 is 0 Å². The van der Waals surface area contributed by atoms with Crippen LogP contribution in [0.4, 0.5) is 0 Å². The summed E-state index contributed by atoms with van der Waals surface area (Å²) in [5.41, 5.74) is 3.22. The SMILES string of the molecule is Cc1ccc(C)c(OCC(=O)NCC(CCO)c2ccccc2)c1. The normalized spacial score (nSPS) is 11.8. The van der Waals surface area contributed by atoms with Gasteiger partial charge in [0, 0.05) is 19.1 Å². The Bertz CT molecular complexity index is 655. The van der Waals surface area contributed by atoms with Gasteiger partial charge in [0.05, 0.1) is 0 Å². The van der Waals surface area contributed by atoms with E-state index in [2.05, 4.69) is 5.32 Å². The number of hydrogen-bond acceptors (Lipinski definition) is 3. The van der Waals surface area contributed by atoms with Crippen molar-refractivity contribution in [3.05, 3.63) is 65.2 Å². The van der Waals surface area contributed by atoms with Gasteiger partial charge in [-0.3, -0.25) is 4.79 Å². The van der Waals surface area contributed by atoms with E-state index in [0.29, 0.717) is 13.0 Å². The molecule has 0 bridgehead atoms. The number of carbonyl (C=O) groups is 1. The molecule has 0 saturated carbocycles. The highest BCUT2D eigenvalue weighted by Crippen LogP contribution is 2.19. The van der Waals surface area contributed by atoms with E-state index in [1.165, 1.54) is 0 Å². The minimum Gasteiger partial charge on any atom is -0.483 e. The predicted molar refractivity (Wildman–Crippen MR) is 95.3 cm³/mol. The number of nitrogens with one attached hydrogen (secondary N) is 1. The molecule has 2 aromatic rings. The van der Waals surface area contributed by atoms with Gasteiger partial charge in [0.2, 0.25) is 0 Å². The second-order valence-electron chi connectivity index (χ2n) is 5.98. The van der Waals surface area contributed by atoms with Gasteiger partial charge in [0.1, 0.15) is 5.75 Å². The van der Waals surface area contributed by atoms with Crippen molar-refractivity contribution in [2.75, 3.05) is 19.8 Å². The molecule has 2 rings (SSSR count). The molecule has 4 nitrogen and oxygen atoms in total. The lowest BCUT2D eigenvalue weighted by Gasteiger charge is -2.17. The zero-order chi connectivity index (χ0) is 17.4. The van der Waals surface area contributed by atoms with Crippen LogP contribution in [0.15, 0.2) is 48.5 Å². The minimum atomic E-state index is -0.158. The average molecular weight is 327 g/mol. The Balaban J connectivity index is 1.86. The summed E-state index contributed by atoms with van der Waals surface area (Å²) in [7, 11) is 0. The lowest BCUT2D eigenvalue weighted by atomic mass is 9.96. The van der Waals surface area contributed by atoms with E-state index in [-0.39, 0.29) is 25.0 Å². The molecule has 1 amide bonds. The molecule has 24 heavy (non-hydrogen) atoms. The van der Waals surface area contributed by atoms with Crippen LogP contribution in [0.5, 0.6) is 5.75 Å². The molecule has 0 aliphatic rings. The van der Waals surface area contributed by atoms with Gasteiger partial charge in [-0.15, -0.1) is 0 Å². The first kappa shape index (κ1) is 18.0. The quantitative estimate of drug-likeness (QED) is 0.784. The number of amides is 1. The van der Waals surface area contributed by atoms with Crippen LogP contribution in [0.25, 0.3) is 0 Å². The molecule has 0 aromatic heterocycles. The lowest BCUT2D eigenvalue weighted by molar-refractivity contribution is -0.123. The molecule has 1 atom stereocenters. The van der Waals surface area contributed by atoms with Gasteiger partial charge in [-0.25, -0.2) is 0 Å². The molecule has 2 N–H and O–H groups in total. The molecular formula is C20H25NO3. The molecule has 0 aliphatic carbocycles. The number of rotatable bonds is 8. The van der Waals surface area contributed by atoms with Crippen molar-refractivity contribution in [1.29, 1.82) is 0 Å². The Morgan fingerprint density at radius 1 is 1.17 bits per heavy atom. The third-order valence-corrected chi connectivity index (χ3v) is 4.00. The Morgan fingerprint density at radius 2 is 1.92 bits per heavy atom. The Labute approximate surface area is 143 Å². The molecule has 1 unspecified atom stereocenters. The van der Waals surface area contributed by atoms with Crippen LogP contribution >= 0.6 is 0 Å². The van der Waals surface area contributed by atoms with Gasteiger partial charge in [-0.2, -0.15) is 0 Å². The topological polar surface area (TPSA) is 58.6 Å². The average Bonchev–Trinajstić information content (AvgIpc) is 2.60. The Hall–Kier alpha value is -2.33. The van der Waals surface area contributed by atoms with Gasteiger partial charge in [-0.05, 0) is 43.0 Å². The number of aryl methyl sites for hydroxylation is 2. The van der Waals surface area contributed by atoms with Crippen molar-refractivity contribution in [1.82, 2.24) is 5.32 Å². The van der Waals surface area contributed by atoms with Gasteiger partial charge >= 0.3 is 0 Å². The zero-order valence-electron chi connectivity index (χ0n) is 14.3. The fraction of sp³-hybridized carbons (Fsp3) is 0.350. The van der Waals surface area contributed by atoms with E-state index >= 15 is 0 Å². The minimum absolute atomic E-state index is 0.00900. The number of carbonyl (C=O) groups excluding carboxylic acids is 1. The molecule has 128 valence electrons. The van der Waals surface area contributed by atoms with Gasteiger partial charge in [-0.1, -0.05) is 42.5 Å². The largest absolute Gasteiger partial charge is 0.483 e. The number of aliphatic hydroxyl groups excluding tert-OH is 1. The first-order valence-corrected chi connectivity index (χ1v) is 8.22. The molecule has 4 heteroatoms. The summed E-state index contributed by atoms with van der Waals surface area (Å²) in [5, 5.41) is 12.1. The number of benzene rings is 2. The number of ether oxygens (including phenoxy) is 1. The van der Waals surface area contributed by atoms with Crippen LogP contribution < -0.4 is 10.1 Å². The second-order valence-corrected chi connectivity index (χ2v) is 5.98. The van der Waals surface area contributed by atoms with Crippen LogP contribution in [0, 0.1) is 13.8 Å². The van der Waals surface area contributed by atoms with Gasteiger partial charge in [0.15, 0.2) is 6.61 Å². The Kier molecular flexibility index (Phi) is 6.82. The maximum absolute atomic E-state index is 12.1. The fourth-order valence-corrected chi connectivity index (χ4v) is 2.56. The summed E-state index contributed by atoms with van der Waals surface area (Å²) < 4.78 is 5.62. The molecule has 2 aromatic carbocycles. The predicted octanol–water partition coefficient (Wildman–Crippen LogP) is 2.96. The summed E-state index contributed by atoms with van der Waals surface area (Å²) >= 11 is 0. The number of aliphatic hydroxyl groups is 1. The highest BCUT2D eigenvalue weighted by atomic mass is 16.5. The second kappa shape index (κ2) is 9.08. The summed E-state index contributed by atoms with van der Waals surface area (Å²) in [6.45, 7) is 4.52. The molecular weight excluding hydrogens is 302 g/mol. The van der Waals surface area contributed by atoms with E-state index in [9.17, 15) is 9.90 Å². The van der Waals surface area contributed by atoms with Crippen LogP contribution in [-0.4, -0.2) is 30.8 Å². The first-order chi connectivity index (χ1) is 11.6. The summed E-state index contributed by atoms with van der Waals surface area (Å²) in [4.78, 5) is 12.1. The molecule has 0 heterocycles. The molecule has 0 aliphatic heterocycles. The van der Waals surface area contributed by atoms with Crippen LogP contribution in [-0.2, 0) is 4.79 Å². The van der Waals surface area contributed by atoms with Gasteiger partial charge < -0.3 is 15.2 Å². The summed E-state index contributed by atoms with van der Waals surface area (Å²) in [5.74, 6) is 0.677. The molecule has 0 radical (unpaired) electrons.